The number of esters is 1. The Hall–Kier alpha value is -0.810. The van der Waals surface area contributed by atoms with E-state index in [2.05, 4.69) is 16.6 Å². The van der Waals surface area contributed by atoms with E-state index in [0.29, 0.717) is 11.8 Å². The smallest absolute Gasteiger partial charge is 0.351 e. The van der Waals surface area contributed by atoms with Crippen molar-refractivity contribution in [3.8, 4) is 5.19 Å². The highest BCUT2D eigenvalue weighted by Gasteiger charge is 2.17. The van der Waals surface area contributed by atoms with Crippen LogP contribution in [0, 0.1) is 0 Å². The zero-order valence-corrected chi connectivity index (χ0v) is 11.6. The first kappa shape index (κ1) is 14.3. The van der Waals surface area contributed by atoms with Crippen molar-refractivity contribution in [1.29, 1.82) is 0 Å². The van der Waals surface area contributed by atoms with Gasteiger partial charge in [0.1, 0.15) is 0 Å². The van der Waals surface area contributed by atoms with Gasteiger partial charge in [-0.05, 0) is 6.42 Å². The van der Waals surface area contributed by atoms with Crippen molar-refractivity contribution in [2.24, 2.45) is 0 Å². The Morgan fingerprint density at radius 2 is 2.18 bits per heavy atom. The molecule has 0 aromatic carbocycles. The molecule has 1 aromatic rings. The maximum Gasteiger partial charge on any atom is 0.351 e. The van der Waals surface area contributed by atoms with Crippen molar-refractivity contribution >= 4 is 28.9 Å². The molecule has 0 atom stereocenters. The van der Waals surface area contributed by atoms with Crippen molar-refractivity contribution in [3.05, 3.63) is 10.0 Å². The topological polar surface area (TPSA) is 48.4 Å². The number of rotatable bonds is 7. The number of methoxy groups -OCH3 is 1. The standard InChI is InChI=1S/C11H16ClNO3S/c1-3-4-5-6-7-16-11-13-9(12)8(17-11)10(14)15-2/h3-7H2,1-2H3. The second-order valence-corrected chi connectivity index (χ2v) is 4.82. The van der Waals surface area contributed by atoms with Gasteiger partial charge in [-0.15, -0.1) is 0 Å². The number of carbonyl (C=O) groups is 1. The van der Waals surface area contributed by atoms with Crippen LogP contribution in [0.1, 0.15) is 42.3 Å². The summed E-state index contributed by atoms with van der Waals surface area (Å²) < 4.78 is 10.0. The van der Waals surface area contributed by atoms with Crippen LogP contribution in [0.2, 0.25) is 5.15 Å². The molecule has 0 saturated carbocycles. The second kappa shape index (κ2) is 7.50. The van der Waals surface area contributed by atoms with Gasteiger partial charge >= 0.3 is 5.97 Å². The quantitative estimate of drug-likeness (QED) is 0.565. The van der Waals surface area contributed by atoms with Crippen molar-refractivity contribution in [2.45, 2.75) is 32.6 Å². The van der Waals surface area contributed by atoms with Crippen LogP contribution in [-0.4, -0.2) is 24.7 Å². The number of aromatic nitrogens is 1. The second-order valence-electron chi connectivity index (χ2n) is 3.50. The molecule has 0 saturated heterocycles. The van der Waals surface area contributed by atoms with E-state index in [1.165, 1.54) is 20.0 Å². The number of carbonyl (C=O) groups excluding carboxylic acids is 1. The summed E-state index contributed by atoms with van der Waals surface area (Å²) in [6, 6.07) is 0. The third-order valence-corrected chi connectivity index (χ3v) is 3.49. The number of hydrogen-bond acceptors (Lipinski definition) is 5. The maximum atomic E-state index is 11.3. The van der Waals surface area contributed by atoms with E-state index < -0.39 is 5.97 Å². The summed E-state index contributed by atoms with van der Waals surface area (Å²) in [5.41, 5.74) is 0. The Morgan fingerprint density at radius 3 is 2.82 bits per heavy atom. The first-order valence-corrected chi connectivity index (χ1v) is 6.76. The van der Waals surface area contributed by atoms with Crippen molar-refractivity contribution < 1.29 is 14.3 Å². The molecule has 0 N–H and O–H groups in total. The van der Waals surface area contributed by atoms with Gasteiger partial charge in [0, 0.05) is 0 Å². The summed E-state index contributed by atoms with van der Waals surface area (Å²) in [5.74, 6) is -0.478. The van der Waals surface area contributed by atoms with Gasteiger partial charge in [0.15, 0.2) is 10.0 Å². The van der Waals surface area contributed by atoms with E-state index >= 15 is 0 Å². The van der Waals surface area contributed by atoms with Gasteiger partial charge in [-0.2, -0.15) is 4.98 Å². The highest BCUT2D eigenvalue weighted by Crippen LogP contribution is 2.29. The van der Waals surface area contributed by atoms with E-state index in [4.69, 9.17) is 16.3 Å². The third kappa shape index (κ3) is 4.52. The van der Waals surface area contributed by atoms with Gasteiger partial charge in [-0.1, -0.05) is 49.1 Å². The minimum absolute atomic E-state index is 0.144. The summed E-state index contributed by atoms with van der Waals surface area (Å²) in [4.78, 5) is 15.5. The Kier molecular flexibility index (Phi) is 6.29. The largest absolute Gasteiger partial charge is 0.470 e. The normalized spacial score (nSPS) is 10.3. The predicted molar refractivity (Wildman–Crippen MR) is 68.1 cm³/mol. The average molecular weight is 278 g/mol. The number of hydrogen-bond donors (Lipinski definition) is 0. The van der Waals surface area contributed by atoms with E-state index in [9.17, 15) is 4.79 Å². The lowest BCUT2D eigenvalue weighted by Gasteiger charge is -2.00. The molecule has 1 heterocycles. The monoisotopic (exact) mass is 277 g/mol. The van der Waals surface area contributed by atoms with Crippen LogP contribution in [0.25, 0.3) is 0 Å². The highest BCUT2D eigenvalue weighted by molar-refractivity contribution is 7.15. The van der Waals surface area contributed by atoms with E-state index in [1.54, 1.807) is 0 Å². The van der Waals surface area contributed by atoms with Crippen LogP contribution in [0.15, 0.2) is 0 Å². The van der Waals surface area contributed by atoms with Gasteiger partial charge in [0.2, 0.25) is 0 Å². The number of halogens is 1. The van der Waals surface area contributed by atoms with E-state index in [-0.39, 0.29) is 10.0 Å². The minimum Gasteiger partial charge on any atom is -0.470 e. The molecular weight excluding hydrogens is 262 g/mol. The zero-order chi connectivity index (χ0) is 12.7. The summed E-state index contributed by atoms with van der Waals surface area (Å²) in [5, 5.41) is 0.567. The lowest BCUT2D eigenvalue weighted by Crippen LogP contribution is -1.98. The third-order valence-electron chi connectivity index (χ3n) is 2.16. The summed E-state index contributed by atoms with van der Waals surface area (Å²) in [6.07, 6.45) is 4.52. The molecule has 0 fully saturated rings. The van der Waals surface area contributed by atoms with Gasteiger partial charge in [0.25, 0.3) is 5.19 Å². The first-order valence-electron chi connectivity index (χ1n) is 5.56. The fourth-order valence-electron chi connectivity index (χ4n) is 1.25. The van der Waals surface area contributed by atoms with Crippen molar-refractivity contribution in [3.63, 3.8) is 0 Å². The minimum atomic E-state index is -0.478. The molecule has 4 nitrogen and oxygen atoms in total. The summed E-state index contributed by atoms with van der Waals surface area (Å²) in [7, 11) is 1.31. The molecule has 0 radical (unpaired) electrons. The van der Waals surface area contributed by atoms with Crippen LogP contribution in [0.5, 0.6) is 5.19 Å². The molecule has 0 spiro atoms. The Bertz CT molecular complexity index is 368. The molecule has 96 valence electrons. The lowest BCUT2D eigenvalue weighted by atomic mass is 10.2. The Morgan fingerprint density at radius 1 is 1.41 bits per heavy atom. The predicted octanol–water partition coefficient (Wildman–Crippen LogP) is 3.54. The zero-order valence-electron chi connectivity index (χ0n) is 9.99. The highest BCUT2D eigenvalue weighted by atomic mass is 35.5. The van der Waals surface area contributed by atoms with Gasteiger partial charge < -0.3 is 9.47 Å². The summed E-state index contributed by atoms with van der Waals surface area (Å²) in [6.45, 7) is 2.76. The Balaban J connectivity index is 2.42. The fraction of sp³-hybridized carbons (Fsp3) is 0.636. The number of thiazole rings is 1. The first-order chi connectivity index (χ1) is 8.19. The maximum absolute atomic E-state index is 11.3. The number of nitrogens with zero attached hydrogens (tertiary/aromatic N) is 1. The van der Waals surface area contributed by atoms with Crippen molar-refractivity contribution in [1.82, 2.24) is 4.98 Å². The molecule has 0 aliphatic carbocycles. The van der Waals surface area contributed by atoms with Crippen LogP contribution >= 0.6 is 22.9 Å². The van der Waals surface area contributed by atoms with Gasteiger partial charge in [-0.3, -0.25) is 0 Å². The molecule has 1 rings (SSSR count). The SMILES string of the molecule is CCCCCCOc1nc(Cl)c(C(=O)OC)s1. The fourth-order valence-corrected chi connectivity index (χ4v) is 2.32. The molecule has 17 heavy (non-hydrogen) atoms. The lowest BCUT2D eigenvalue weighted by molar-refractivity contribution is 0.0606. The van der Waals surface area contributed by atoms with Crippen LogP contribution < -0.4 is 4.74 Å². The van der Waals surface area contributed by atoms with Gasteiger partial charge in [0.05, 0.1) is 13.7 Å². The van der Waals surface area contributed by atoms with Crippen LogP contribution in [0.4, 0.5) is 0 Å². The van der Waals surface area contributed by atoms with Crippen LogP contribution in [-0.2, 0) is 4.74 Å². The molecule has 6 heteroatoms. The molecular formula is C11H16ClNO3S. The van der Waals surface area contributed by atoms with Crippen LogP contribution in [0.3, 0.4) is 0 Å². The number of ether oxygens (including phenoxy) is 2. The molecule has 0 amide bonds. The molecule has 0 unspecified atom stereocenters. The van der Waals surface area contributed by atoms with E-state index in [0.717, 1.165) is 24.2 Å². The summed E-state index contributed by atoms with van der Waals surface area (Å²) >= 11 is 6.92. The van der Waals surface area contributed by atoms with E-state index in [1.807, 2.05) is 0 Å². The number of unbranched alkanes of at least 4 members (excludes halogenated alkanes) is 3. The Labute approximate surface area is 110 Å². The molecule has 0 bridgehead atoms. The van der Waals surface area contributed by atoms with Crippen molar-refractivity contribution in [2.75, 3.05) is 13.7 Å². The van der Waals surface area contributed by atoms with Gasteiger partial charge in [-0.25, -0.2) is 4.79 Å². The molecule has 0 aliphatic rings. The molecule has 0 aliphatic heterocycles. The average Bonchev–Trinajstić information content (AvgIpc) is 2.69. The molecule has 1 aromatic heterocycles.